The predicted octanol–water partition coefficient (Wildman–Crippen LogP) is 2.71. The largest absolute Gasteiger partial charge is 0.390 e. The molecule has 0 radical (unpaired) electrons. The summed E-state index contributed by atoms with van der Waals surface area (Å²) < 4.78 is 7.76. The maximum Gasteiger partial charge on any atom is 0.0942 e. The Labute approximate surface area is 122 Å². The third-order valence-corrected chi connectivity index (χ3v) is 4.69. The van der Waals surface area contributed by atoms with E-state index in [1.54, 1.807) is 7.11 Å². The second kappa shape index (κ2) is 6.27. The SMILES string of the molecule is CCn1nc(C)cc1CC(O)C1(OC)CCCC(C)C1. The zero-order chi connectivity index (χ0) is 14.8. The Morgan fingerprint density at radius 1 is 1.60 bits per heavy atom. The van der Waals surface area contributed by atoms with Crippen molar-refractivity contribution in [2.75, 3.05) is 7.11 Å². The van der Waals surface area contributed by atoms with Crippen LogP contribution in [0.3, 0.4) is 0 Å². The highest BCUT2D eigenvalue weighted by Gasteiger charge is 2.41. The lowest BCUT2D eigenvalue weighted by Gasteiger charge is -2.42. The van der Waals surface area contributed by atoms with Crippen LogP contribution in [0, 0.1) is 12.8 Å². The van der Waals surface area contributed by atoms with E-state index in [-0.39, 0.29) is 5.60 Å². The van der Waals surface area contributed by atoms with Crippen molar-refractivity contribution in [1.29, 1.82) is 0 Å². The van der Waals surface area contributed by atoms with E-state index in [1.807, 2.05) is 11.6 Å². The number of hydrogen-bond donors (Lipinski definition) is 1. The van der Waals surface area contributed by atoms with Crippen LogP contribution in [0.5, 0.6) is 0 Å². The zero-order valence-electron chi connectivity index (χ0n) is 13.2. The molecule has 0 amide bonds. The molecule has 4 heteroatoms. The van der Waals surface area contributed by atoms with Crippen molar-refractivity contribution in [3.8, 4) is 0 Å². The van der Waals surface area contributed by atoms with Gasteiger partial charge in [-0.1, -0.05) is 19.8 Å². The van der Waals surface area contributed by atoms with Gasteiger partial charge in [-0.25, -0.2) is 0 Å². The van der Waals surface area contributed by atoms with Crippen LogP contribution in [0.1, 0.15) is 50.9 Å². The number of aromatic nitrogens is 2. The Kier molecular flexibility index (Phi) is 4.86. The Hall–Kier alpha value is -0.870. The average molecular weight is 280 g/mol. The summed E-state index contributed by atoms with van der Waals surface area (Å²) in [4.78, 5) is 0. The Morgan fingerprint density at radius 3 is 2.95 bits per heavy atom. The van der Waals surface area contributed by atoms with Crippen molar-refractivity contribution in [2.45, 2.75) is 71.1 Å². The molecular weight excluding hydrogens is 252 g/mol. The molecule has 0 aromatic carbocycles. The highest BCUT2D eigenvalue weighted by atomic mass is 16.5. The lowest BCUT2D eigenvalue weighted by Crippen LogP contribution is -2.48. The fourth-order valence-corrected chi connectivity index (χ4v) is 3.59. The van der Waals surface area contributed by atoms with Crippen molar-refractivity contribution in [3.05, 3.63) is 17.5 Å². The van der Waals surface area contributed by atoms with Crippen LogP contribution >= 0.6 is 0 Å². The summed E-state index contributed by atoms with van der Waals surface area (Å²) in [5.74, 6) is 0.621. The molecule has 1 aliphatic rings. The van der Waals surface area contributed by atoms with Gasteiger partial charge in [0.1, 0.15) is 0 Å². The van der Waals surface area contributed by atoms with Crippen molar-refractivity contribution >= 4 is 0 Å². The zero-order valence-corrected chi connectivity index (χ0v) is 13.2. The van der Waals surface area contributed by atoms with Crippen molar-refractivity contribution in [1.82, 2.24) is 9.78 Å². The molecule has 3 atom stereocenters. The Balaban J connectivity index is 2.14. The van der Waals surface area contributed by atoms with Crippen molar-refractivity contribution < 1.29 is 9.84 Å². The van der Waals surface area contributed by atoms with Crippen LogP contribution in [0.2, 0.25) is 0 Å². The average Bonchev–Trinajstić information content (AvgIpc) is 2.78. The molecule has 1 N–H and O–H groups in total. The molecule has 1 saturated carbocycles. The maximum atomic E-state index is 10.8. The number of methoxy groups -OCH3 is 1. The van der Waals surface area contributed by atoms with Gasteiger partial charge >= 0.3 is 0 Å². The van der Waals surface area contributed by atoms with E-state index in [0.717, 1.165) is 37.2 Å². The quantitative estimate of drug-likeness (QED) is 0.902. The third kappa shape index (κ3) is 3.07. The molecule has 1 aromatic heterocycles. The molecule has 114 valence electrons. The van der Waals surface area contributed by atoms with Gasteiger partial charge in [0.15, 0.2) is 0 Å². The first-order chi connectivity index (χ1) is 9.50. The number of ether oxygens (including phenoxy) is 1. The lowest BCUT2D eigenvalue weighted by molar-refractivity contribution is -0.131. The van der Waals surface area contributed by atoms with Crippen LogP contribution in [0.4, 0.5) is 0 Å². The molecule has 1 heterocycles. The number of aryl methyl sites for hydroxylation is 2. The van der Waals surface area contributed by atoms with Gasteiger partial charge in [0.05, 0.1) is 17.4 Å². The fourth-order valence-electron chi connectivity index (χ4n) is 3.59. The number of hydrogen-bond acceptors (Lipinski definition) is 3. The van der Waals surface area contributed by atoms with Gasteiger partial charge in [-0.05, 0) is 38.7 Å². The van der Waals surface area contributed by atoms with E-state index in [0.29, 0.717) is 12.3 Å². The van der Waals surface area contributed by atoms with Crippen molar-refractivity contribution in [3.63, 3.8) is 0 Å². The van der Waals surface area contributed by atoms with E-state index in [9.17, 15) is 5.11 Å². The molecule has 1 aromatic rings. The summed E-state index contributed by atoms with van der Waals surface area (Å²) >= 11 is 0. The summed E-state index contributed by atoms with van der Waals surface area (Å²) in [6.45, 7) is 7.17. The van der Waals surface area contributed by atoms with Crippen LogP contribution in [-0.4, -0.2) is 33.7 Å². The molecule has 1 fully saturated rings. The molecule has 20 heavy (non-hydrogen) atoms. The standard InChI is InChI=1S/C16H28N2O2/c1-5-18-14(9-13(3)17-18)10-15(19)16(20-4)8-6-7-12(2)11-16/h9,12,15,19H,5-8,10-11H2,1-4H3. The van der Waals surface area contributed by atoms with Gasteiger partial charge in [-0.15, -0.1) is 0 Å². The second-order valence-corrected chi connectivity index (χ2v) is 6.28. The van der Waals surface area contributed by atoms with Gasteiger partial charge in [-0.3, -0.25) is 4.68 Å². The monoisotopic (exact) mass is 280 g/mol. The third-order valence-electron chi connectivity index (χ3n) is 4.69. The minimum atomic E-state index is -0.461. The predicted molar refractivity (Wildman–Crippen MR) is 79.7 cm³/mol. The van der Waals surface area contributed by atoms with Gasteiger partial charge in [0, 0.05) is 25.8 Å². The number of rotatable bonds is 5. The number of aliphatic hydroxyl groups is 1. The minimum Gasteiger partial charge on any atom is -0.390 e. The van der Waals surface area contributed by atoms with Crippen LogP contribution in [0.25, 0.3) is 0 Å². The van der Waals surface area contributed by atoms with Crippen LogP contribution in [-0.2, 0) is 17.7 Å². The van der Waals surface area contributed by atoms with Gasteiger partial charge in [0.2, 0.25) is 0 Å². The topological polar surface area (TPSA) is 47.3 Å². The van der Waals surface area contributed by atoms with Crippen LogP contribution in [0.15, 0.2) is 6.07 Å². The molecule has 0 aliphatic heterocycles. The van der Waals surface area contributed by atoms with E-state index < -0.39 is 6.10 Å². The fraction of sp³-hybridized carbons (Fsp3) is 0.812. The van der Waals surface area contributed by atoms with Crippen molar-refractivity contribution in [2.24, 2.45) is 5.92 Å². The van der Waals surface area contributed by atoms with Gasteiger partial charge < -0.3 is 9.84 Å². The smallest absolute Gasteiger partial charge is 0.0942 e. The van der Waals surface area contributed by atoms with Crippen LogP contribution < -0.4 is 0 Å². The molecular formula is C16H28N2O2. The lowest BCUT2D eigenvalue weighted by atomic mass is 9.74. The van der Waals surface area contributed by atoms with Gasteiger partial charge in [0.25, 0.3) is 0 Å². The van der Waals surface area contributed by atoms with E-state index >= 15 is 0 Å². The second-order valence-electron chi connectivity index (χ2n) is 6.28. The Bertz CT molecular complexity index is 444. The molecule has 2 rings (SSSR count). The maximum absolute atomic E-state index is 10.8. The summed E-state index contributed by atoms with van der Waals surface area (Å²) in [6.07, 6.45) is 4.44. The molecule has 4 nitrogen and oxygen atoms in total. The summed E-state index contributed by atoms with van der Waals surface area (Å²) in [5, 5.41) is 15.2. The first-order valence-corrected chi connectivity index (χ1v) is 7.77. The molecule has 1 aliphatic carbocycles. The summed E-state index contributed by atoms with van der Waals surface area (Å²) in [5.41, 5.74) is 1.73. The van der Waals surface area contributed by atoms with E-state index in [4.69, 9.17) is 4.74 Å². The Morgan fingerprint density at radius 2 is 2.35 bits per heavy atom. The van der Waals surface area contributed by atoms with Gasteiger partial charge in [-0.2, -0.15) is 5.10 Å². The number of aliphatic hydroxyl groups excluding tert-OH is 1. The first-order valence-electron chi connectivity index (χ1n) is 7.77. The molecule has 0 spiro atoms. The summed E-state index contributed by atoms with van der Waals surface area (Å²) in [6, 6.07) is 2.07. The first kappa shape index (κ1) is 15.5. The normalized spacial score (nSPS) is 28.6. The van der Waals surface area contributed by atoms with E-state index in [1.165, 1.54) is 6.42 Å². The highest BCUT2D eigenvalue weighted by Crippen LogP contribution is 2.38. The number of nitrogens with zero attached hydrogens (tertiary/aromatic N) is 2. The van der Waals surface area contributed by atoms with E-state index in [2.05, 4.69) is 25.0 Å². The summed E-state index contributed by atoms with van der Waals surface area (Å²) in [7, 11) is 1.74. The molecule has 3 unspecified atom stereocenters. The molecule has 0 saturated heterocycles. The highest BCUT2D eigenvalue weighted by molar-refractivity contribution is 5.12. The minimum absolute atomic E-state index is 0.381. The molecule has 0 bridgehead atoms.